The largest absolute Gasteiger partial charge is 0.462 e. The Kier molecular flexibility index (Phi) is 64.2. The molecular weight excluding hydrogens is 897 g/mol. The number of unbranched alkanes of at least 4 members (excludes halogenated alkanes) is 57. The van der Waals surface area contributed by atoms with E-state index in [1.807, 2.05) is 0 Å². The third-order valence-electron chi connectivity index (χ3n) is 16.2. The fraction of sp³-hybridized carbons (Fsp3) is 0.971. The van der Waals surface area contributed by atoms with Crippen molar-refractivity contribution in [3.8, 4) is 0 Å². The van der Waals surface area contributed by atoms with E-state index in [2.05, 4.69) is 13.8 Å². The van der Waals surface area contributed by atoms with Gasteiger partial charge in [-0.2, -0.15) is 0 Å². The molecule has 0 aromatic heterocycles. The predicted molar refractivity (Wildman–Crippen MR) is 321 cm³/mol. The first kappa shape index (κ1) is 71.9. The predicted octanol–water partition coefficient (Wildman–Crippen LogP) is 23.3. The number of hydrogen-bond acceptors (Lipinski definition) is 5. The third-order valence-corrected chi connectivity index (χ3v) is 16.2. The van der Waals surface area contributed by atoms with E-state index in [0.29, 0.717) is 12.8 Å². The molecule has 0 aromatic carbocycles. The van der Waals surface area contributed by atoms with Crippen LogP contribution in [-0.2, 0) is 19.1 Å². The molecule has 0 heterocycles. The van der Waals surface area contributed by atoms with Crippen LogP contribution in [0.5, 0.6) is 0 Å². The van der Waals surface area contributed by atoms with Crippen molar-refractivity contribution < 1.29 is 24.2 Å². The molecule has 0 aliphatic carbocycles. The Bertz CT molecular complexity index is 1030. The van der Waals surface area contributed by atoms with Crippen LogP contribution in [-0.4, -0.2) is 36.4 Å². The van der Waals surface area contributed by atoms with E-state index in [4.69, 9.17) is 9.47 Å². The molecule has 0 aliphatic rings. The van der Waals surface area contributed by atoms with Crippen LogP contribution in [0.4, 0.5) is 0 Å². The number of aliphatic hydroxyl groups excluding tert-OH is 1. The van der Waals surface area contributed by atoms with Gasteiger partial charge in [0, 0.05) is 12.8 Å². The molecule has 0 saturated heterocycles. The Morgan fingerprint density at radius 1 is 0.260 bits per heavy atom. The van der Waals surface area contributed by atoms with Gasteiger partial charge in [0.05, 0.1) is 6.61 Å². The van der Waals surface area contributed by atoms with E-state index in [1.54, 1.807) is 0 Å². The molecule has 1 N–H and O–H groups in total. The van der Waals surface area contributed by atoms with E-state index in [1.165, 1.54) is 347 Å². The Morgan fingerprint density at radius 3 is 0.603 bits per heavy atom. The lowest BCUT2D eigenvalue weighted by molar-refractivity contribution is -0.161. The highest BCUT2D eigenvalue weighted by molar-refractivity contribution is 5.70. The van der Waals surface area contributed by atoms with E-state index in [-0.39, 0.29) is 25.2 Å². The average Bonchev–Trinajstić information content (AvgIpc) is 3.39. The van der Waals surface area contributed by atoms with Gasteiger partial charge in [-0.3, -0.25) is 9.59 Å². The van der Waals surface area contributed by atoms with Gasteiger partial charge in [-0.15, -0.1) is 0 Å². The fourth-order valence-electron chi connectivity index (χ4n) is 11.0. The molecule has 0 bridgehead atoms. The maximum atomic E-state index is 12.4. The van der Waals surface area contributed by atoms with Gasteiger partial charge in [-0.25, -0.2) is 0 Å². The molecule has 1 unspecified atom stereocenters. The summed E-state index contributed by atoms with van der Waals surface area (Å²) in [6.45, 7) is 4.23. The summed E-state index contributed by atoms with van der Waals surface area (Å²) in [6, 6.07) is 0. The normalized spacial score (nSPS) is 12.0. The van der Waals surface area contributed by atoms with Gasteiger partial charge >= 0.3 is 11.9 Å². The lowest BCUT2D eigenvalue weighted by Crippen LogP contribution is -2.28. The second kappa shape index (κ2) is 65.2. The van der Waals surface area contributed by atoms with Crippen molar-refractivity contribution in [1.29, 1.82) is 0 Å². The first-order valence-electron chi connectivity index (χ1n) is 34.1. The molecule has 0 saturated carbocycles. The number of carbonyl (C=O) groups is 2. The van der Waals surface area contributed by atoms with Gasteiger partial charge in [-0.1, -0.05) is 380 Å². The SMILES string of the molecule is CCCCCCCCCCCCCCCCCCCCCCCCCCCCCCCCCCCC(=O)OC(CO)COC(=O)CCCCCCCCCCCCCCCCCCCCCCCCCCCC. The lowest BCUT2D eigenvalue weighted by Gasteiger charge is -2.15. The number of aliphatic hydroxyl groups is 1. The molecule has 1 atom stereocenters. The zero-order valence-electron chi connectivity index (χ0n) is 50.2. The maximum absolute atomic E-state index is 12.4. The quantitative estimate of drug-likeness (QED) is 0.0485. The monoisotopic (exact) mass is 1030 g/mol. The summed E-state index contributed by atoms with van der Waals surface area (Å²) < 4.78 is 10.8. The minimum atomic E-state index is -0.765. The van der Waals surface area contributed by atoms with Crippen LogP contribution < -0.4 is 0 Å². The summed E-state index contributed by atoms with van der Waals surface area (Å²) in [6.07, 6.45) is 81.4. The molecule has 0 fully saturated rings. The average molecular weight is 1030 g/mol. The minimum Gasteiger partial charge on any atom is -0.462 e. The van der Waals surface area contributed by atoms with Crippen molar-refractivity contribution >= 4 is 11.9 Å². The summed E-state index contributed by atoms with van der Waals surface area (Å²) >= 11 is 0. The van der Waals surface area contributed by atoms with Crippen molar-refractivity contribution in [2.45, 2.75) is 412 Å². The minimum absolute atomic E-state index is 0.0553. The molecule has 0 spiro atoms. The van der Waals surface area contributed by atoms with Gasteiger partial charge < -0.3 is 14.6 Å². The lowest BCUT2D eigenvalue weighted by atomic mass is 10.0. The van der Waals surface area contributed by atoms with E-state index >= 15 is 0 Å². The maximum Gasteiger partial charge on any atom is 0.306 e. The Morgan fingerprint density at radius 2 is 0.425 bits per heavy atom. The highest BCUT2D eigenvalue weighted by Gasteiger charge is 2.16. The smallest absolute Gasteiger partial charge is 0.306 e. The second-order valence-corrected chi connectivity index (χ2v) is 23.6. The number of esters is 2. The van der Waals surface area contributed by atoms with Crippen LogP contribution in [0, 0.1) is 0 Å². The van der Waals surface area contributed by atoms with Crippen molar-refractivity contribution in [3.05, 3.63) is 0 Å². The number of ether oxygens (including phenoxy) is 2. The second-order valence-electron chi connectivity index (χ2n) is 23.6. The zero-order valence-corrected chi connectivity index (χ0v) is 50.2. The van der Waals surface area contributed by atoms with Crippen LogP contribution in [0.15, 0.2) is 0 Å². The molecule has 0 aliphatic heterocycles. The molecule has 5 nitrogen and oxygen atoms in total. The number of hydrogen-bond donors (Lipinski definition) is 1. The summed E-state index contributed by atoms with van der Waals surface area (Å²) in [7, 11) is 0. The molecule has 73 heavy (non-hydrogen) atoms. The van der Waals surface area contributed by atoms with Gasteiger partial charge in [0.2, 0.25) is 0 Å². The highest BCUT2D eigenvalue weighted by atomic mass is 16.6. The number of carbonyl (C=O) groups excluding carboxylic acids is 2. The Labute approximate surface area is 459 Å². The molecular formula is C68H134O5. The summed E-state index contributed by atoms with van der Waals surface area (Å²) in [5, 5.41) is 9.69. The topological polar surface area (TPSA) is 72.8 Å². The molecule has 5 heteroatoms. The molecule has 0 rings (SSSR count). The highest BCUT2D eigenvalue weighted by Crippen LogP contribution is 2.20. The Hall–Kier alpha value is -1.10. The van der Waals surface area contributed by atoms with E-state index in [9.17, 15) is 14.7 Å². The van der Waals surface area contributed by atoms with Crippen molar-refractivity contribution in [2.75, 3.05) is 13.2 Å². The van der Waals surface area contributed by atoms with E-state index in [0.717, 1.165) is 32.1 Å². The number of rotatable bonds is 65. The third kappa shape index (κ3) is 63.3. The standard InChI is InChI=1S/C68H134O5/c1-3-5-7-9-11-13-15-17-19-21-23-25-27-29-31-32-33-34-35-36-37-39-41-43-45-47-49-51-53-55-57-59-61-63-68(71)73-66(64-69)65-72-67(70)62-60-58-56-54-52-50-48-46-44-42-40-38-30-28-26-24-22-20-18-16-14-12-10-8-6-4-2/h66,69H,3-65H2,1-2H3. The van der Waals surface area contributed by atoms with Crippen LogP contribution >= 0.6 is 0 Å². The summed E-state index contributed by atoms with van der Waals surface area (Å²) in [5.41, 5.74) is 0. The van der Waals surface area contributed by atoms with Crippen LogP contribution in [0.1, 0.15) is 406 Å². The van der Waals surface area contributed by atoms with Gasteiger partial charge in [0.15, 0.2) is 6.10 Å². The summed E-state index contributed by atoms with van der Waals surface area (Å²) in [4.78, 5) is 24.6. The summed E-state index contributed by atoms with van der Waals surface area (Å²) in [5.74, 6) is -0.559. The van der Waals surface area contributed by atoms with Gasteiger partial charge in [0.1, 0.15) is 6.61 Å². The fourth-order valence-corrected chi connectivity index (χ4v) is 11.0. The van der Waals surface area contributed by atoms with Crippen molar-refractivity contribution in [2.24, 2.45) is 0 Å². The molecule has 0 radical (unpaired) electrons. The van der Waals surface area contributed by atoms with Crippen LogP contribution in [0.2, 0.25) is 0 Å². The van der Waals surface area contributed by atoms with Gasteiger partial charge in [0.25, 0.3) is 0 Å². The Balaban J connectivity index is 3.35. The molecule has 0 aromatic rings. The molecule has 436 valence electrons. The van der Waals surface area contributed by atoms with Crippen LogP contribution in [0.3, 0.4) is 0 Å². The van der Waals surface area contributed by atoms with Crippen molar-refractivity contribution in [3.63, 3.8) is 0 Å². The van der Waals surface area contributed by atoms with Crippen LogP contribution in [0.25, 0.3) is 0 Å². The van der Waals surface area contributed by atoms with E-state index < -0.39 is 6.10 Å². The first-order chi connectivity index (χ1) is 36.1. The van der Waals surface area contributed by atoms with Crippen molar-refractivity contribution in [1.82, 2.24) is 0 Å². The zero-order chi connectivity index (χ0) is 52.7. The molecule has 0 amide bonds. The first-order valence-corrected chi connectivity index (χ1v) is 34.1. The van der Waals surface area contributed by atoms with Gasteiger partial charge in [-0.05, 0) is 12.8 Å².